The van der Waals surface area contributed by atoms with Crippen molar-refractivity contribution in [1.82, 2.24) is 10.2 Å². The molecule has 0 unspecified atom stereocenters. The number of ether oxygens (including phenoxy) is 2. The van der Waals surface area contributed by atoms with Crippen molar-refractivity contribution >= 4 is 11.9 Å². The molecule has 2 aromatic rings. The van der Waals surface area contributed by atoms with E-state index in [1.807, 2.05) is 51.1 Å². The zero-order chi connectivity index (χ0) is 29.2. The van der Waals surface area contributed by atoms with Crippen LogP contribution in [0.5, 0.6) is 5.75 Å². The van der Waals surface area contributed by atoms with Crippen molar-refractivity contribution in [2.75, 3.05) is 13.7 Å². The van der Waals surface area contributed by atoms with E-state index >= 15 is 0 Å². The first kappa shape index (κ1) is 29.9. The van der Waals surface area contributed by atoms with Crippen LogP contribution in [0.4, 0.5) is 13.2 Å². The molecule has 7 nitrogen and oxygen atoms in total. The van der Waals surface area contributed by atoms with E-state index in [4.69, 9.17) is 9.47 Å². The van der Waals surface area contributed by atoms with Gasteiger partial charge in [0, 0.05) is 30.7 Å². The molecule has 0 aromatic heterocycles. The summed E-state index contributed by atoms with van der Waals surface area (Å²) in [5.41, 5.74) is -0.122. The Bertz CT molecular complexity index is 1190. The molecule has 4 rings (SSSR count). The van der Waals surface area contributed by atoms with Crippen molar-refractivity contribution in [3.05, 3.63) is 65.2 Å². The lowest BCUT2D eigenvalue weighted by atomic mass is 9.72. The predicted octanol–water partition coefficient (Wildman–Crippen LogP) is 5.44. The number of amides is 1. The predicted molar refractivity (Wildman–Crippen MR) is 143 cm³/mol. The van der Waals surface area contributed by atoms with Gasteiger partial charge in [-0.1, -0.05) is 57.2 Å². The molecule has 10 heteroatoms. The first-order valence-corrected chi connectivity index (χ1v) is 13.5. The number of hydrogen-bond acceptors (Lipinski definition) is 5. The van der Waals surface area contributed by atoms with E-state index in [2.05, 4.69) is 5.32 Å². The summed E-state index contributed by atoms with van der Waals surface area (Å²) in [7, 11) is 1.31. The van der Waals surface area contributed by atoms with Crippen molar-refractivity contribution in [2.24, 2.45) is 11.3 Å². The molecule has 40 heavy (non-hydrogen) atoms. The van der Waals surface area contributed by atoms with Crippen LogP contribution in [-0.2, 0) is 27.0 Å². The number of nitrogens with zero attached hydrogens (tertiary/aromatic N) is 1. The number of carboxylic acids is 1. The Morgan fingerprint density at radius 1 is 1.10 bits per heavy atom. The fourth-order valence-corrected chi connectivity index (χ4v) is 6.12. The van der Waals surface area contributed by atoms with Gasteiger partial charge in [-0.05, 0) is 42.4 Å². The molecule has 2 N–H and O–H groups in total. The summed E-state index contributed by atoms with van der Waals surface area (Å²) >= 11 is 0. The number of halogens is 3. The molecule has 2 heterocycles. The minimum absolute atomic E-state index is 0.0715. The van der Waals surface area contributed by atoms with Gasteiger partial charge in [0.15, 0.2) is 0 Å². The number of aliphatic carboxylic acids is 1. The highest BCUT2D eigenvalue weighted by molar-refractivity contribution is 5.88. The van der Waals surface area contributed by atoms with Crippen molar-refractivity contribution in [3.63, 3.8) is 0 Å². The lowest BCUT2D eigenvalue weighted by molar-refractivity contribution is -0.159. The van der Waals surface area contributed by atoms with Gasteiger partial charge in [0.1, 0.15) is 17.9 Å². The number of benzene rings is 2. The van der Waals surface area contributed by atoms with Crippen LogP contribution in [-0.4, -0.2) is 53.8 Å². The molecule has 0 spiro atoms. The van der Waals surface area contributed by atoms with E-state index in [1.54, 1.807) is 0 Å². The van der Waals surface area contributed by atoms with Gasteiger partial charge in [0.05, 0.1) is 18.7 Å². The number of rotatable bonds is 7. The molecule has 0 saturated carbocycles. The number of carboxylic acid groups (broad SMARTS) is 1. The molecule has 0 aliphatic carbocycles. The third-order valence-corrected chi connectivity index (χ3v) is 7.91. The summed E-state index contributed by atoms with van der Waals surface area (Å²) in [4.78, 5) is 28.4. The molecule has 2 fully saturated rings. The molecule has 2 aromatic carbocycles. The number of carbonyl (C=O) groups is 2. The number of likely N-dealkylation sites (tertiary alicyclic amines) is 1. The Labute approximate surface area is 232 Å². The molecular formula is C30H37F3N2O5. The van der Waals surface area contributed by atoms with E-state index in [1.165, 1.54) is 18.1 Å². The lowest BCUT2D eigenvalue weighted by Gasteiger charge is -2.36. The third kappa shape index (κ3) is 6.12. The fourth-order valence-electron chi connectivity index (χ4n) is 6.12. The van der Waals surface area contributed by atoms with E-state index < -0.39 is 53.3 Å². The fraction of sp³-hybridized carbons (Fsp3) is 0.533. The van der Waals surface area contributed by atoms with Gasteiger partial charge in [-0.25, -0.2) is 4.79 Å². The summed E-state index contributed by atoms with van der Waals surface area (Å²) in [6.07, 6.45) is -3.06. The average molecular weight is 563 g/mol. The quantitative estimate of drug-likeness (QED) is 0.467. The number of nitrogens with one attached hydrogen (secondary N) is 1. The molecule has 0 bridgehead atoms. The van der Waals surface area contributed by atoms with E-state index in [9.17, 15) is 27.9 Å². The van der Waals surface area contributed by atoms with Gasteiger partial charge in [0.25, 0.3) is 5.91 Å². The van der Waals surface area contributed by atoms with Crippen LogP contribution in [0, 0.1) is 11.3 Å². The topological polar surface area (TPSA) is 88.1 Å². The van der Waals surface area contributed by atoms with Gasteiger partial charge >= 0.3 is 12.1 Å². The Morgan fingerprint density at radius 3 is 2.35 bits per heavy atom. The Balaban J connectivity index is 1.78. The first-order valence-electron chi connectivity index (χ1n) is 13.5. The van der Waals surface area contributed by atoms with Crippen LogP contribution >= 0.6 is 0 Å². The van der Waals surface area contributed by atoms with Crippen molar-refractivity contribution < 1.29 is 37.3 Å². The highest BCUT2D eigenvalue weighted by atomic mass is 19.4. The van der Waals surface area contributed by atoms with Crippen molar-refractivity contribution in [3.8, 4) is 5.75 Å². The second-order valence-corrected chi connectivity index (χ2v) is 11.6. The number of methoxy groups -OCH3 is 1. The zero-order valence-corrected chi connectivity index (χ0v) is 23.2. The highest BCUT2D eigenvalue weighted by Crippen LogP contribution is 2.49. The molecule has 1 amide bonds. The van der Waals surface area contributed by atoms with E-state index in [0.29, 0.717) is 18.6 Å². The van der Waals surface area contributed by atoms with Crippen LogP contribution in [0.2, 0.25) is 0 Å². The van der Waals surface area contributed by atoms with Crippen LogP contribution in [0.15, 0.2) is 48.5 Å². The SMILES string of the molecule is COc1cc(C(F)(F)F)ccc1CN[C@H]1[C@H](C(C)(C)C)[C@@H](C(=O)O)N(C(=O)[C@H]2CCCCO2)[C@H]1c1ccccc1. The average Bonchev–Trinajstić information content (AvgIpc) is 3.28. The summed E-state index contributed by atoms with van der Waals surface area (Å²) in [6, 6.07) is 10.2. The molecule has 218 valence electrons. The maximum Gasteiger partial charge on any atom is 0.416 e. The van der Waals surface area contributed by atoms with Gasteiger partial charge in [-0.2, -0.15) is 13.2 Å². The summed E-state index contributed by atoms with van der Waals surface area (Å²) in [5, 5.41) is 14.0. The lowest BCUT2D eigenvalue weighted by Crippen LogP contribution is -2.51. The second kappa shape index (κ2) is 11.8. The number of hydrogen-bond donors (Lipinski definition) is 2. The van der Waals surface area contributed by atoms with Gasteiger partial charge in [0.2, 0.25) is 0 Å². The third-order valence-electron chi connectivity index (χ3n) is 7.91. The zero-order valence-electron chi connectivity index (χ0n) is 23.2. The molecule has 0 radical (unpaired) electrons. The maximum absolute atomic E-state index is 14.0. The highest BCUT2D eigenvalue weighted by Gasteiger charge is 2.58. The van der Waals surface area contributed by atoms with Gasteiger partial charge < -0.3 is 24.8 Å². The number of alkyl halides is 3. The van der Waals surface area contributed by atoms with Gasteiger partial charge in [-0.15, -0.1) is 0 Å². The minimum Gasteiger partial charge on any atom is -0.496 e. The molecule has 2 saturated heterocycles. The Hall–Kier alpha value is -3.11. The standard InChI is InChI=1S/C30H37F3N2O5/c1-29(2,3)23-24(34-17-19-13-14-20(30(31,32)33)16-22(19)39-4)25(18-10-6-5-7-11-18)35(26(23)28(37)38)27(36)21-12-8-9-15-40-21/h5-7,10-11,13-14,16,21,23-26,34H,8-9,12,15,17H2,1-4H3,(H,37,38)/t21-,23+,24+,25+,26+/m1/s1. The Kier molecular flexibility index (Phi) is 8.80. The van der Waals surface area contributed by atoms with E-state index in [-0.39, 0.29) is 18.2 Å². The largest absolute Gasteiger partial charge is 0.496 e. The van der Waals surface area contributed by atoms with Gasteiger partial charge in [-0.3, -0.25) is 4.79 Å². The van der Waals surface area contributed by atoms with Crippen LogP contribution in [0.25, 0.3) is 0 Å². The van der Waals surface area contributed by atoms with Crippen LogP contribution < -0.4 is 10.1 Å². The smallest absolute Gasteiger partial charge is 0.416 e. The van der Waals surface area contributed by atoms with E-state index in [0.717, 1.165) is 30.5 Å². The van der Waals surface area contributed by atoms with Crippen molar-refractivity contribution in [1.29, 1.82) is 0 Å². The molecule has 2 aliphatic heterocycles. The number of carbonyl (C=O) groups excluding carboxylic acids is 1. The molecule has 2 aliphatic rings. The maximum atomic E-state index is 14.0. The molecule has 5 atom stereocenters. The normalized spacial score (nSPS) is 25.6. The summed E-state index contributed by atoms with van der Waals surface area (Å²) in [5.74, 6) is -1.93. The monoisotopic (exact) mass is 562 g/mol. The van der Waals surface area contributed by atoms with Crippen molar-refractivity contribution in [2.45, 2.75) is 77.0 Å². The summed E-state index contributed by atoms with van der Waals surface area (Å²) in [6.45, 7) is 6.36. The minimum atomic E-state index is -4.52. The molecular weight excluding hydrogens is 525 g/mol. The second-order valence-electron chi connectivity index (χ2n) is 11.6. The Morgan fingerprint density at radius 2 is 1.80 bits per heavy atom. The summed E-state index contributed by atoms with van der Waals surface area (Å²) < 4.78 is 51.0. The van der Waals surface area contributed by atoms with Crippen LogP contribution in [0.1, 0.15) is 62.8 Å². The van der Waals surface area contributed by atoms with Crippen LogP contribution in [0.3, 0.4) is 0 Å². The first-order chi connectivity index (χ1) is 18.8.